The second kappa shape index (κ2) is 8.64. The lowest BCUT2D eigenvalue weighted by Crippen LogP contribution is -2.42. The summed E-state index contributed by atoms with van der Waals surface area (Å²) in [5, 5.41) is 3.40. The van der Waals surface area contributed by atoms with E-state index < -0.39 is 9.84 Å². The summed E-state index contributed by atoms with van der Waals surface area (Å²) in [7, 11) is -3.43. The number of halogens is 1. The first-order valence-corrected chi connectivity index (χ1v) is 11.1. The van der Waals surface area contributed by atoms with Gasteiger partial charge in [0.15, 0.2) is 9.84 Å². The highest BCUT2D eigenvalue weighted by atomic mass is 35.5. The van der Waals surface area contributed by atoms with Gasteiger partial charge >= 0.3 is 0 Å². The predicted octanol–water partition coefficient (Wildman–Crippen LogP) is 3.05. The third-order valence-electron chi connectivity index (χ3n) is 5.52. The first-order chi connectivity index (χ1) is 13.0. The Morgan fingerprint density at radius 1 is 1.00 bits per heavy atom. The van der Waals surface area contributed by atoms with Crippen molar-refractivity contribution in [1.82, 2.24) is 10.2 Å². The lowest BCUT2D eigenvalue weighted by atomic mass is 10.1. The van der Waals surface area contributed by atoms with Crippen LogP contribution in [-0.4, -0.2) is 44.4 Å². The average molecular weight is 421 g/mol. The third-order valence-corrected chi connectivity index (χ3v) is 7.23. The summed E-state index contributed by atoms with van der Waals surface area (Å²) in [6, 6.07) is 16.0. The molecule has 0 saturated carbocycles. The molecule has 2 saturated heterocycles. The normalized spacial score (nSPS) is 21.6. The number of hydrogen-bond donors (Lipinski definition) is 1. The molecule has 4 rings (SSSR count). The molecule has 2 bridgehead atoms. The number of rotatable bonds is 4. The molecular weight excluding hydrogens is 396 g/mol. The van der Waals surface area contributed by atoms with Crippen molar-refractivity contribution in [1.29, 1.82) is 0 Å². The van der Waals surface area contributed by atoms with Crippen molar-refractivity contribution in [3.05, 3.63) is 65.7 Å². The van der Waals surface area contributed by atoms with Crippen molar-refractivity contribution in [3.8, 4) is 0 Å². The molecule has 2 aliphatic heterocycles. The molecule has 1 amide bonds. The monoisotopic (exact) mass is 420 g/mol. The number of benzene rings is 2. The van der Waals surface area contributed by atoms with Crippen molar-refractivity contribution in [2.75, 3.05) is 13.1 Å². The molecule has 2 aromatic carbocycles. The van der Waals surface area contributed by atoms with E-state index in [-0.39, 0.29) is 36.2 Å². The topological polar surface area (TPSA) is 66.5 Å². The van der Waals surface area contributed by atoms with Crippen LogP contribution < -0.4 is 5.32 Å². The largest absolute Gasteiger partial charge is 0.331 e. The van der Waals surface area contributed by atoms with Gasteiger partial charge in [-0.25, -0.2) is 8.42 Å². The van der Waals surface area contributed by atoms with Crippen LogP contribution in [0.5, 0.6) is 0 Å². The molecule has 0 radical (unpaired) electrons. The van der Waals surface area contributed by atoms with E-state index in [1.54, 1.807) is 54.6 Å². The SMILES string of the molecule is Cl.O=C(c1cccc(CS(=O)(=O)c2ccccc2)c1)N1C2CCNCC1CC2. The maximum atomic E-state index is 13.1. The Morgan fingerprint density at radius 2 is 1.75 bits per heavy atom. The molecule has 2 aliphatic rings. The molecule has 0 spiro atoms. The molecular formula is C21H25ClN2O3S. The van der Waals surface area contributed by atoms with Crippen LogP contribution in [0.25, 0.3) is 0 Å². The van der Waals surface area contributed by atoms with Gasteiger partial charge in [0.25, 0.3) is 5.91 Å². The molecule has 150 valence electrons. The van der Waals surface area contributed by atoms with Crippen molar-refractivity contribution in [3.63, 3.8) is 0 Å². The highest BCUT2D eigenvalue weighted by molar-refractivity contribution is 7.90. The lowest BCUT2D eigenvalue weighted by Gasteiger charge is -2.28. The molecule has 2 unspecified atom stereocenters. The number of nitrogens with zero attached hydrogens (tertiary/aromatic N) is 1. The molecule has 0 aromatic heterocycles. The second-order valence-electron chi connectivity index (χ2n) is 7.36. The zero-order valence-corrected chi connectivity index (χ0v) is 17.2. The van der Waals surface area contributed by atoms with Crippen molar-refractivity contribution in [2.24, 2.45) is 0 Å². The number of sulfone groups is 1. The average Bonchev–Trinajstić information content (AvgIpc) is 2.94. The fourth-order valence-electron chi connectivity index (χ4n) is 4.19. The molecule has 2 aromatic rings. The minimum Gasteiger partial charge on any atom is -0.331 e. The maximum absolute atomic E-state index is 13.1. The van der Waals surface area contributed by atoms with Crippen LogP contribution in [-0.2, 0) is 15.6 Å². The maximum Gasteiger partial charge on any atom is 0.254 e. The summed E-state index contributed by atoms with van der Waals surface area (Å²) in [5.74, 6) is -0.0860. The fourth-order valence-corrected chi connectivity index (χ4v) is 5.54. The molecule has 5 nitrogen and oxygen atoms in total. The zero-order valence-electron chi connectivity index (χ0n) is 15.6. The summed E-state index contributed by atoms with van der Waals surface area (Å²) in [6.45, 7) is 1.78. The Kier molecular flexibility index (Phi) is 6.43. The number of amides is 1. The summed E-state index contributed by atoms with van der Waals surface area (Å²) >= 11 is 0. The summed E-state index contributed by atoms with van der Waals surface area (Å²) < 4.78 is 25.3. The quantitative estimate of drug-likeness (QED) is 0.825. The Morgan fingerprint density at radius 3 is 2.54 bits per heavy atom. The van der Waals surface area contributed by atoms with E-state index >= 15 is 0 Å². The standard InChI is InChI=1S/C21H24N2O3S.ClH/c24-21(23-18-9-10-19(23)14-22-12-11-18)17-6-4-5-16(13-17)15-27(25,26)20-7-2-1-3-8-20;/h1-8,13,18-19,22H,9-12,14-15H2;1H. The molecule has 28 heavy (non-hydrogen) atoms. The first kappa shape index (κ1) is 20.8. The Hall–Kier alpha value is -1.89. The molecule has 2 atom stereocenters. The van der Waals surface area contributed by atoms with Crippen molar-refractivity contribution in [2.45, 2.75) is 42.0 Å². The van der Waals surface area contributed by atoms with E-state index in [4.69, 9.17) is 0 Å². The van der Waals surface area contributed by atoms with Gasteiger partial charge in [-0.2, -0.15) is 0 Å². The smallest absolute Gasteiger partial charge is 0.254 e. The van der Waals surface area contributed by atoms with Gasteiger partial charge in [0, 0.05) is 24.2 Å². The van der Waals surface area contributed by atoms with Crippen molar-refractivity contribution >= 4 is 28.2 Å². The van der Waals surface area contributed by atoms with Gasteiger partial charge in [0.1, 0.15) is 0 Å². The van der Waals surface area contributed by atoms with E-state index in [1.165, 1.54) is 0 Å². The first-order valence-electron chi connectivity index (χ1n) is 9.45. The van der Waals surface area contributed by atoms with Gasteiger partial charge in [-0.3, -0.25) is 4.79 Å². The highest BCUT2D eigenvalue weighted by Crippen LogP contribution is 2.30. The van der Waals surface area contributed by atoms with E-state index in [2.05, 4.69) is 5.32 Å². The van der Waals surface area contributed by atoms with Gasteiger partial charge in [-0.05, 0) is 55.6 Å². The number of hydrogen-bond acceptors (Lipinski definition) is 4. The molecule has 2 heterocycles. The number of carbonyl (C=O) groups is 1. The van der Waals surface area contributed by atoms with Crippen LogP contribution >= 0.6 is 12.4 Å². The molecule has 0 aliphatic carbocycles. The van der Waals surface area contributed by atoms with Crippen LogP contribution in [0, 0.1) is 0 Å². The molecule has 1 N–H and O–H groups in total. The minimum absolute atomic E-state index is 0. The zero-order chi connectivity index (χ0) is 18.9. The summed E-state index contributed by atoms with van der Waals surface area (Å²) in [6.07, 6.45) is 3.07. The van der Waals surface area contributed by atoms with Crippen LogP contribution in [0.15, 0.2) is 59.5 Å². The van der Waals surface area contributed by atoms with E-state index in [0.29, 0.717) is 16.0 Å². The van der Waals surface area contributed by atoms with Crippen LogP contribution in [0.4, 0.5) is 0 Å². The Bertz CT molecular complexity index is 920. The van der Waals surface area contributed by atoms with Gasteiger partial charge in [-0.15, -0.1) is 12.4 Å². The highest BCUT2D eigenvalue weighted by Gasteiger charge is 2.38. The number of nitrogens with one attached hydrogen (secondary N) is 1. The Labute approximate surface area is 172 Å². The fraction of sp³-hybridized carbons (Fsp3) is 0.381. The molecule has 7 heteroatoms. The minimum atomic E-state index is -3.43. The second-order valence-corrected chi connectivity index (χ2v) is 9.35. The summed E-state index contributed by atoms with van der Waals surface area (Å²) in [5.41, 5.74) is 1.22. The Balaban J connectivity index is 0.00000225. The van der Waals surface area contributed by atoms with Gasteiger partial charge in [0.2, 0.25) is 0 Å². The third kappa shape index (κ3) is 4.24. The van der Waals surface area contributed by atoms with Crippen molar-refractivity contribution < 1.29 is 13.2 Å². The lowest BCUT2D eigenvalue weighted by molar-refractivity contribution is 0.0680. The van der Waals surface area contributed by atoms with Crippen LogP contribution in [0.2, 0.25) is 0 Å². The van der Waals surface area contributed by atoms with E-state index in [9.17, 15) is 13.2 Å². The van der Waals surface area contributed by atoms with Gasteiger partial charge in [0.05, 0.1) is 10.6 Å². The van der Waals surface area contributed by atoms with Gasteiger partial charge in [-0.1, -0.05) is 30.3 Å². The van der Waals surface area contributed by atoms with E-state index in [1.807, 2.05) is 4.90 Å². The predicted molar refractivity (Wildman–Crippen MR) is 111 cm³/mol. The number of fused-ring (bicyclic) bond motifs is 2. The van der Waals surface area contributed by atoms with Crippen LogP contribution in [0.3, 0.4) is 0 Å². The van der Waals surface area contributed by atoms with Crippen LogP contribution in [0.1, 0.15) is 35.2 Å². The van der Waals surface area contributed by atoms with Gasteiger partial charge < -0.3 is 10.2 Å². The number of carbonyl (C=O) groups excluding carboxylic acids is 1. The van der Waals surface area contributed by atoms with E-state index in [0.717, 1.165) is 32.4 Å². The molecule has 2 fully saturated rings. The summed E-state index contributed by atoms with van der Waals surface area (Å²) in [4.78, 5) is 15.5.